The number of thiazole rings is 2. The molecule has 0 bridgehead atoms. The van der Waals surface area contributed by atoms with E-state index in [9.17, 15) is 0 Å². The summed E-state index contributed by atoms with van der Waals surface area (Å²) < 4.78 is 18.0. The second kappa shape index (κ2) is 9.06. The van der Waals surface area contributed by atoms with E-state index in [0.717, 1.165) is 54.6 Å². The molecule has 4 aromatic rings. The van der Waals surface area contributed by atoms with Crippen LogP contribution in [-0.2, 0) is 13.1 Å². The van der Waals surface area contributed by atoms with Gasteiger partial charge in [0.1, 0.15) is 11.5 Å². The van der Waals surface area contributed by atoms with Crippen LogP contribution in [0.25, 0.3) is 20.4 Å². The molecular formula is C22H26N4O2S2. The van der Waals surface area contributed by atoms with E-state index in [1.807, 2.05) is 26.0 Å². The van der Waals surface area contributed by atoms with E-state index in [4.69, 9.17) is 9.47 Å². The quantitative estimate of drug-likeness (QED) is 0.379. The van der Waals surface area contributed by atoms with Gasteiger partial charge in [-0.15, -0.1) is 10.2 Å². The van der Waals surface area contributed by atoms with Crippen LogP contribution in [-0.4, -0.2) is 22.3 Å². The molecular weight excluding hydrogens is 416 g/mol. The van der Waals surface area contributed by atoms with Crippen LogP contribution in [0.15, 0.2) is 46.6 Å². The number of ether oxygens (including phenoxy) is 2. The molecule has 2 aromatic carbocycles. The van der Waals surface area contributed by atoms with Crippen molar-refractivity contribution in [3.8, 4) is 11.5 Å². The van der Waals surface area contributed by atoms with E-state index < -0.39 is 0 Å². The number of benzene rings is 2. The first-order valence-corrected chi connectivity index (χ1v) is 11.9. The molecule has 8 heteroatoms. The van der Waals surface area contributed by atoms with Crippen molar-refractivity contribution in [3.63, 3.8) is 0 Å². The molecule has 0 spiro atoms. The normalized spacial score (nSPS) is 12.9. The Hall–Kier alpha value is -2.58. The van der Waals surface area contributed by atoms with E-state index in [1.165, 1.54) is 0 Å². The second-order valence-electron chi connectivity index (χ2n) is 6.58. The molecule has 158 valence electrons. The van der Waals surface area contributed by atoms with E-state index in [0.29, 0.717) is 13.2 Å². The Morgan fingerprint density at radius 1 is 0.700 bits per heavy atom. The third-order valence-corrected chi connectivity index (χ3v) is 6.85. The van der Waals surface area contributed by atoms with Crippen LogP contribution in [0, 0.1) is 0 Å². The zero-order valence-electron chi connectivity index (χ0n) is 17.7. The molecule has 0 unspecified atom stereocenters. The molecule has 0 N–H and O–H groups in total. The fourth-order valence-corrected chi connectivity index (χ4v) is 5.62. The van der Waals surface area contributed by atoms with Crippen molar-refractivity contribution >= 4 is 43.1 Å². The van der Waals surface area contributed by atoms with Gasteiger partial charge in [-0.25, -0.2) is 0 Å². The van der Waals surface area contributed by atoms with Gasteiger partial charge in [0.05, 0.1) is 33.6 Å². The summed E-state index contributed by atoms with van der Waals surface area (Å²) in [5.74, 6) is 1.77. The van der Waals surface area contributed by atoms with Crippen LogP contribution in [0.3, 0.4) is 0 Å². The fraction of sp³-hybridized carbons (Fsp3) is 0.364. The van der Waals surface area contributed by atoms with Crippen LogP contribution in [0.4, 0.5) is 0 Å². The SMILES string of the molecule is CCOc1ccc2c(c1)sc(=NN=c1sc3cc(OCC)ccc3n1CC)n2CC. The van der Waals surface area contributed by atoms with Crippen LogP contribution < -0.4 is 19.1 Å². The van der Waals surface area contributed by atoms with Crippen molar-refractivity contribution in [1.29, 1.82) is 0 Å². The lowest BCUT2D eigenvalue weighted by Crippen LogP contribution is -2.16. The van der Waals surface area contributed by atoms with Gasteiger partial charge in [-0.2, -0.15) is 0 Å². The van der Waals surface area contributed by atoms with Gasteiger partial charge in [0.25, 0.3) is 0 Å². The van der Waals surface area contributed by atoms with Gasteiger partial charge >= 0.3 is 0 Å². The highest BCUT2D eigenvalue weighted by molar-refractivity contribution is 7.16. The molecule has 2 heterocycles. The molecule has 0 aliphatic heterocycles. The first-order chi connectivity index (χ1) is 14.7. The van der Waals surface area contributed by atoms with Gasteiger partial charge in [-0.3, -0.25) is 0 Å². The molecule has 0 radical (unpaired) electrons. The number of nitrogens with zero attached hydrogens (tertiary/aromatic N) is 4. The van der Waals surface area contributed by atoms with Crippen molar-refractivity contribution in [2.24, 2.45) is 10.2 Å². The second-order valence-corrected chi connectivity index (χ2v) is 8.60. The largest absolute Gasteiger partial charge is 0.494 e. The Bertz CT molecular complexity index is 1210. The molecule has 2 aromatic heterocycles. The monoisotopic (exact) mass is 442 g/mol. The highest BCUT2D eigenvalue weighted by atomic mass is 32.1. The Morgan fingerprint density at radius 2 is 1.13 bits per heavy atom. The summed E-state index contributed by atoms with van der Waals surface area (Å²) in [7, 11) is 0. The van der Waals surface area contributed by atoms with E-state index in [-0.39, 0.29) is 0 Å². The molecule has 4 rings (SSSR count). The smallest absolute Gasteiger partial charge is 0.211 e. The predicted molar refractivity (Wildman–Crippen MR) is 124 cm³/mol. The number of hydrogen-bond donors (Lipinski definition) is 0. The minimum absolute atomic E-state index is 0.658. The summed E-state index contributed by atoms with van der Waals surface area (Å²) in [5.41, 5.74) is 2.31. The van der Waals surface area contributed by atoms with E-state index >= 15 is 0 Å². The number of fused-ring (bicyclic) bond motifs is 2. The zero-order valence-corrected chi connectivity index (χ0v) is 19.3. The lowest BCUT2D eigenvalue weighted by molar-refractivity contribution is 0.340. The topological polar surface area (TPSA) is 53.0 Å². The molecule has 0 aliphatic rings. The minimum atomic E-state index is 0.658. The van der Waals surface area contributed by atoms with Crippen molar-refractivity contribution < 1.29 is 9.47 Å². The molecule has 0 amide bonds. The van der Waals surface area contributed by atoms with Crippen molar-refractivity contribution in [1.82, 2.24) is 9.13 Å². The summed E-state index contributed by atoms with van der Waals surface area (Å²) in [4.78, 5) is 1.77. The average molecular weight is 443 g/mol. The van der Waals surface area contributed by atoms with Crippen molar-refractivity contribution in [3.05, 3.63) is 46.0 Å². The van der Waals surface area contributed by atoms with Gasteiger partial charge in [-0.05, 0) is 64.1 Å². The first-order valence-electron chi connectivity index (χ1n) is 10.3. The molecule has 30 heavy (non-hydrogen) atoms. The summed E-state index contributed by atoms with van der Waals surface area (Å²) in [6, 6.07) is 12.4. The van der Waals surface area contributed by atoms with Gasteiger partial charge in [-0.1, -0.05) is 22.7 Å². The third-order valence-electron chi connectivity index (χ3n) is 4.78. The van der Waals surface area contributed by atoms with Crippen molar-refractivity contribution in [2.75, 3.05) is 13.2 Å². The van der Waals surface area contributed by atoms with Crippen LogP contribution in [0.1, 0.15) is 27.7 Å². The summed E-state index contributed by atoms with van der Waals surface area (Å²) in [6.45, 7) is 11.2. The number of aromatic nitrogens is 2. The molecule has 0 fully saturated rings. The summed E-state index contributed by atoms with van der Waals surface area (Å²) >= 11 is 3.27. The van der Waals surface area contributed by atoms with Gasteiger partial charge in [0.15, 0.2) is 0 Å². The Morgan fingerprint density at radius 3 is 1.50 bits per heavy atom. The molecule has 6 nitrogen and oxygen atoms in total. The lowest BCUT2D eigenvalue weighted by atomic mass is 10.3. The predicted octanol–water partition coefficient (Wildman–Crippen LogP) is 4.97. The van der Waals surface area contributed by atoms with Gasteiger partial charge in [0, 0.05) is 13.1 Å². The standard InChI is InChI=1S/C22H26N4O2S2/c1-5-25-17-11-9-15(27-7-3)13-19(17)29-21(25)23-24-22-26(6-2)18-12-10-16(28-8-4)14-20(18)30-22/h9-14H,5-8H2,1-4H3. The van der Waals surface area contributed by atoms with Crippen LogP contribution in [0.5, 0.6) is 11.5 Å². The lowest BCUT2D eigenvalue weighted by Gasteiger charge is -2.03. The summed E-state index contributed by atoms with van der Waals surface area (Å²) in [5, 5.41) is 9.29. The Kier molecular flexibility index (Phi) is 6.24. The maximum Gasteiger partial charge on any atom is 0.211 e. The van der Waals surface area contributed by atoms with E-state index in [2.05, 4.69) is 57.4 Å². The summed E-state index contributed by atoms with van der Waals surface area (Å²) in [6.07, 6.45) is 0. The van der Waals surface area contributed by atoms with Gasteiger partial charge < -0.3 is 18.6 Å². The Labute approximate surface area is 183 Å². The van der Waals surface area contributed by atoms with Crippen LogP contribution >= 0.6 is 22.7 Å². The average Bonchev–Trinajstić information content (AvgIpc) is 3.28. The third kappa shape index (κ3) is 3.89. The molecule has 0 saturated carbocycles. The number of hydrogen-bond acceptors (Lipinski definition) is 6. The number of aryl methyl sites for hydroxylation is 2. The molecule has 0 aliphatic carbocycles. The highest BCUT2D eigenvalue weighted by Gasteiger charge is 2.08. The molecule has 0 atom stereocenters. The van der Waals surface area contributed by atoms with Gasteiger partial charge in [0.2, 0.25) is 9.60 Å². The highest BCUT2D eigenvalue weighted by Crippen LogP contribution is 2.24. The maximum absolute atomic E-state index is 5.65. The first kappa shape index (κ1) is 20.7. The maximum atomic E-state index is 5.65. The van der Waals surface area contributed by atoms with Crippen LogP contribution in [0.2, 0.25) is 0 Å². The minimum Gasteiger partial charge on any atom is -0.494 e. The van der Waals surface area contributed by atoms with Crippen molar-refractivity contribution in [2.45, 2.75) is 40.8 Å². The molecule has 0 saturated heterocycles. The fourth-order valence-electron chi connectivity index (χ4n) is 3.47. The zero-order chi connectivity index (χ0) is 21.1. The number of rotatable bonds is 7. The Balaban J connectivity index is 1.85. The van der Waals surface area contributed by atoms with E-state index in [1.54, 1.807) is 22.7 Å².